The molecule has 0 fully saturated rings. The second-order valence-corrected chi connectivity index (χ2v) is 4.85. The normalized spacial score (nSPS) is 10.6. The summed E-state index contributed by atoms with van der Waals surface area (Å²) in [6.45, 7) is 0. The molecule has 1 aromatic heterocycles. The molecule has 0 saturated heterocycles. The standard InChI is InChI=1S/C11H4Cl4FN/c12-5-3-7(13)10(8(14)4-5)6-1-2-9(15)17-11(6)16/h1-4H. The van der Waals surface area contributed by atoms with Gasteiger partial charge in [-0.3, -0.25) is 0 Å². The Morgan fingerprint density at radius 1 is 0.941 bits per heavy atom. The first-order chi connectivity index (χ1) is 7.99. The lowest BCUT2D eigenvalue weighted by Gasteiger charge is -2.08. The number of hydrogen-bond donors (Lipinski definition) is 0. The highest BCUT2D eigenvalue weighted by atomic mass is 35.5. The minimum Gasteiger partial charge on any atom is -0.207 e. The van der Waals surface area contributed by atoms with Crippen molar-refractivity contribution in [3.63, 3.8) is 0 Å². The highest BCUT2D eigenvalue weighted by Gasteiger charge is 2.15. The third kappa shape index (κ3) is 2.66. The molecule has 0 amide bonds. The molecule has 0 aliphatic carbocycles. The number of rotatable bonds is 1. The van der Waals surface area contributed by atoms with Crippen molar-refractivity contribution in [1.82, 2.24) is 4.98 Å². The highest BCUT2D eigenvalue weighted by Crippen LogP contribution is 2.38. The maximum atomic E-state index is 13.7. The number of nitrogens with zero attached hydrogens (tertiary/aromatic N) is 1. The molecule has 0 N–H and O–H groups in total. The van der Waals surface area contributed by atoms with Crippen LogP contribution in [0.2, 0.25) is 20.2 Å². The monoisotopic (exact) mass is 309 g/mol. The zero-order valence-corrected chi connectivity index (χ0v) is 11.2. The first-order valence-corrected chi connectivity index (χ1v) is 5.97. The molecule has 1 aromatic carbocycles. The van der Waals surface area contributed by atoms with Gasteiger partial charge in [-0.2, -0.15) is 4.39 Å². The summed E-state index contributed by atoms with van der Waals surface area (Å²) < 4.78 is 13.7. The Hall–Kier alpha value is -0.540. The summed E-state index contributed by atoms with van der Waals surface area (Å²) in [5, 5.41) is 0.953. The predicted octanol–water partition coefficient (Wildman–Crippen LogP) is 5.50. The summed E-state index contributed by atoms with van der Waals surface area (Å²) >= 11 is 23.3. The van der Waals surface area contributed by atoms with Crippen LogP contribution in [0.4, 0.5) is 4.39 Å². The largest absolute Gasteiger partial charge is 0.222 e. The van der Waals surface area contributed by atoms with Crippen LogP contribution in [-0.4, -0.2) is 4.98 Å². The van der Waals surface area contributed by atoms with Crippen molar-refractivity contribution in [1.29, 1.82) is 0 Å². The Bertz CT molecular complexity index is 563. The molecule has 0 unspecified atom stereocenters. The maximum Gasteiger partial charge on any atom is 0.222 e. The van der Waals surface area contributed by atoms with E-state index in [2.05, 4.69) is 4.98 Å². The Kier molecular flexibility index (Phi) is 3.79. The molecule has 2 rings (SSSR count). The van der Waals surface area contributed by atoms with E-state index >= 15 is 0 Å². The molecule has 0 aliphatic heterocycles. The van der Waals surface area contributed by atoms with Crippen molar-refractivity contribution in [2.45, 2.75) is 0 Å². The SMILES string of the molecule is Fc1nc(Cl)ccc1-c1c(Cl)cc(Cl)cc1Cl. The van der Waals surface area contributed by atoms with Gasteiger partial charge in [0, 0.05) is 16.1 Å². The fourth-order valence-electron chi connectivity index (χ4n) is 1.40. The summed E-state index contributed by atoms with van der Waals surface area (Å²) in [4.78, 5) is 3.50. The first-order valence-electron chi connectivity index (χ1n) is 4.46. The Labute approximate surface area is 117 Å². The van der Waals surface area contributed by atoms with Gasteiger partial charge < -0.3 is 0 Å². The Balaban J connectivity index is 2.68. The molecule has 0 saturated carbocycles. The molecule has 1 heterocycles. The number of aromatic nitrogens is 1. The lowest BCUT2D eigenvalue weighted by molar-refractivity contribution is 0.588. The van der Waals surface area contributed by atoms with E-state index in [9.17, 15) is 4.39 Å². The van der Waals surface area contributed by atoms with Crippen LogP contribution in [0.15, 0.2) is 24.3 Å². The Morgan fingerprint density at radius 2 is 1.53 bits per heavy atom. The minimum absolute atomic E-state index is 0.0625. The maximum absolute atomic E-state index is 13.7. The van der Waals surface area contributed by atoms with E-state index in [4.69, 9.17) is 46.4 Å². The van der Waals surface area contributed by atoms with Gasteiger partial charge in [0.05, 0.1) is 10.0 Å². The van der Waals surface area contributed by atoms with Crippen molar-refractivity contribution < 1.29 is 4.39 Å². The van der Waals surface area contributed by atoms with Gasteiger partial charge in [-0.25, -0.2) is 4.98 Å². The molecule has 6 heteroatoms. The quantitative estimate of drug-likeness (QED) is 0.634. The summed E-state index contributed by atoms with van der Waals surface area (Å²) in [6, 6.07) is 5.89. The number of pyridine rings is 1. The fraction of sp³-hybridized carbons (Fsp3) is 0. The van der Waals surface area contributed by atoms with E-state index in [1.54, 1.807) is 0 Å². The number of hydrogen-bond acceptors (Lipinski definition) is 1. The van der Waals surface area contributed by atoms with E-state index in [-0.39, 0.29) is 20.8 Å². The van der Waals surface area contributed by atoms with E-state index in [1.807, 2.05) is 0 Å². The van der Waals surface area contributed by atoms with Crippen molar-refractivity contribution in [3.8, 4) is 11.1 Å². The van der Waals surface area contributed by atoms with Gasteiger partial charge in [-0.15, -0.1) is 0 Å². The van der Waals surface area contributed by atoms with Gasteiger partial charge in [-0.1, -0.05) is 46.4 Å². The van der Waals surface area contributed by atoms with Crippen LogP contribution in [0.3, 0.4) is 0 Å². The average molecular weight is 311 g/mol. The van der Waals surface area contributed by atoms with Gasteiger partial charge in [0.15, 0.2) is 0 Å². The summed E-state index contributed by atoms with van der Waals surface area (Å²) in [7, 11) is 0. The molecule has 17 heavy (non-hydrogen) atoms. The smallest absolute Gasteiger partial charge is 0.207 e. The fourth-order valence-corrected chi connectivity index (χ4v) is 2.56. The lowest BCUT2D eigenvalue weighted by Crippen LogP contribution is -1.91. The van der Waals surface area contributed by atoms with Crippen molar-refractivity contribution in [3.05, 3.63) is 50.4 Å². The second-order valence-electron chi connectivity index (χ2n) is 3.22. The molecule has 1 nitrogen and oxygen atoms in total. The van der Waals surface area contributed by atoms with Crippen LogP contribution >= 0.6 is 46.4 Å². The van der Waals surface area contributed by atoms with Gasteiger partial charge in [-0.05, 0) is 24.3 Å². The molecular weight excluding hydrogens is 307 g/mol. The molecular formula is C11H4Cl4FN. The third-order valence-corrected chi connectivity index (χ3v) is 3.12. The zero-order chi connectivity index (χ0) is 12.6. The van der Waals surface area contributed by atoms with E-state index < -0.39 is 5.95 Å². The molecule has 0 bridgehead atoms. The lowest BCUT2D eigenvalue weighted by atomic mass is 10.1. The van der Waals surface area contributed by atoms with Crippen LogP contribution in [0.25, 0.3) is 11.1 Å². The van der Waals surface area contributed by atoms with E-state index in [1.165, 1.54) is 24.3 Å². The molecule has 0 radical (unpaired) electrons. The highest BCUT2D eigenvalue weighted by molar-refractivity contribution is 6.41. The van der Waals surface area contributed by atoms with Crippen LogP contribution in [0, 0.1) is 5.95 Å². The number of benzene rings is 1. The molecule has 0 spiro atoms. The summed E-state index contributed by atoms with van der Waals surface area (Å²) in [6.07, 6.45) is 0. The van der Waals surface area contributed by atoms with Gasteiger partial charge in [0.25, 0.3) is 0 Å². The molecule has 88 valence electrons. The predicted molar refractivity (Wildman–Crippen MR) is 69.7 cm³/mol. The van der Waals surface area contributed by atoms with E-state index in [0.717, 1.165) is 0 Å². The van der Waals surface area contributed by atoms with Gasteiger partial charge in [0.1, 0.15) is 5.15 Å². The third-order valence-electron chi connectivity index (χ3n) is 2.09. The van der Waals surface area contributed by atoms with Gasteiger partial charge in [0.2, 0.25) is 5.95 Å². The summed E-state index contributed by atoms with van der Waals surface area (Å²) in [5.41, 5.74) is 0.528. The van der Waals surface area contributed by atoms with Crippen LogP contribution in [0.5, 0.6) is 0 Å². The summed E-state index contributed by atoms with van der Waals surface area (Å²) in [5.74, 6) is -0.733. The van der Waals surface area contributed by atoms with Crippen LogP contribution < -0.4 is 0 Å². The average Bonchev–Trinajstić information content (AvgIpc) is 2.19. The first kappa shape index (κ1) is 12.9. The zero-order valence-electron chi connectivity index (χ0n) is 8.15. The van der Waals surface area contributed by atoms with Crippen molar-refractivity contribution in [2.24, 2.45) is 0 Å². The van der Waals surface area contributed by atoms with E-state index in [0.29, 0.717) is 10.6 Å². The molecule has 0 atom stereocenters. The topological polar surface area (TPSA) is 12.9 Å². The van der Waals surface area contributed by atoms with Crippen molar-refractivity contribution >= 4 is 46.4 Å². The van der Waals surface area contributed by atoms with Crippen LogP contribution in [-0.2, 0) is 0 Å². The molecule has 2 aromatic rings. The number of halogens is 5. The van der Waals surface area contributed by atoms with Gasteiger partial charge >= 0.3 is 0 Å². The second kappa shape index (κ2) is 4.99. The minimum atomic E-state index is -0.733. The van der Waals surface area contributed by atoms with Crippen LogP contribution in [0.1, 0.15) is 0 Å². The van der Waals surface area contributed by atoms with Crippen molar-refractivity contribution in [2.75, 3.05) is 0 Å². The molecule has 0 aliphatic rings. The Morgan fingerprint density at radius 3 is 2.06 bits per heavy atom.